The van der Waals surface area contributed by atoms with Crippen molar-refractivity contribution >= 4 is 22.8 Å². The lowest BCUT2D eigenvalue weighted by atomic mass is 10.2. The molecule has 30 heavy (non-hydrogen) atoms. The Hall–Kier alpha value is -3.00. The second-order valence-electron chi connectivity index (χ2n) is 6.78. The van der Waals surface area contributed by atoms with Gasteiger partial charge in [0.1, 0.15) is 12.9 Å². The lowest BCUT2D eigenvalue weighted by Crippen LogP contribution is -2.22. The van der Waals surface area contributed by atoms with Gasteiger partial charge in [0.15, 0.2) is 17.0 Å². The van der Waals surface area contributed by atoms with Gasteiger partial charge in [-0.1, -0.05) is 48.8 Å². The van der Waals surface area contributed by atoms with E-state index in [1.807, 2.05) is 45.0 Å². The molecule has 0 N–H and O–H groups in total. The maximum absolute atomic E-state index is 12.3. The predicted molar refractivity (Wildman–Crippen MR) is 116 cm³/mol. The van der Waals surface area contributed by atoms with Crippen LogP contribution in [0.4, 0.5) is 0 Å². The average molecular weight is 429 g/mol. The van der Waals surface area contributed by atoms with Gasteiger partial charge in [0.2, 0.25) is 5.89 Å². The van der Waals surface area contributed by atoms with Crippen molar-refractivity contribution in [1.29, 1.82) is 0 Å². The molecule has 1 fully saturated rings. The fourth-order valence-corrected chi connectivity index (χ4v) is 2.86. The van der Waals surface area contributed by atoms with Crippen molar-refractivity contribution in [3.8, 4) is 0 Å². The zero-order valence-corrected chi connectivity index (χ0v) is 18.3. The summed E-state index contributed by atoms with van der Waals surface area (Å²) in [4.78, 5) is 24.9. The van der Waals surface area contributed by atoms with E-state index in [2.05, 4.69) is 20.1 Å². The molecule has 1 aliphatic carbocycles. The summed E-state index contributed by atoms with van der Waals surface area (Å²) < 4.78 is 8.29. The number of benzene rings is 1. The van der Waals surface area contributed by atoms with Crippen LogP contribution in [-0.4, -0.2) is 29.2 Å². The topological polar surface area (TPSA) is 91.6 Å². The lowest BCUT2D eigenvalue weighted by molar-refractivity contribution is 0.364. The van der Waals surface area contributed by atoms with Gasteiger partial charge in [-0.05, 0) is 31.4 Å². The summed E-state index contributed by atoms with van der Waals surface area (Å²) in [5.41, 5.74) is 1.88. The highest BCUT2D eigenvalue weighted by atomic mass is 35.5. The van der Waals surface area contributed by atoms with Gasteiger partial charge in [0.25, 0.3) is 5.56 Å². The van der Waals surface area contributed by atoms with Crippen molar-refractivity contribution in [2.45, 2.75) is 46.1 Å². The largest absolute Gasteiger partial charge is 0.337 e. The number of hydrogen-bond acceptors (Lipinski definition) is 6. The quantitative estimate of drug-likeness (QED) is 0.487. The molecule has 1 aromatic carbocycles. The summed E-state index contributed by atoms with van der Waals surface area (Å²) in [6, 6.07) is 7.77. The molecular weight excluding hydrogens is 404 g/mol. The van der Waals surface area contributed by atoms with Crippen LogP contribution in [0, 0.1) is 6.92 Å². The molecule has 0 bridgehead atoms. The van der Waals surface area contributed by atoms with Crippen molar-refractivity contribution < 1.29 is 4.52 Å². The van der Waals surface area contributed by atoms with E-state index < -0.39 is 0 Å². The van der Waals surface area contributed by atoms with Gasteiger partial charge in [-0.25, -0.2) is 9.97 Å². The molecule has 0 spiro atoms. The van der Waals surface area contributed by atoms with E-state index >= 15 is 0 Å². The first-order chi connectivity index (χ1) is 14.5. The first kappa shape index (κ1) is 21.7. The molecule has 1 aliphatic rings. The average Bonchev–Trinajstić information content (AvgIpc) is 3.39. The molecule has 5 rings (SSSR count). The zero-order chi connectivity index (χ0) is 21.7. The molecular formula is C21H25ClN6O2. The summed E-state index contributed by atoms with van der Waals surface area (Å²) in [5, 5.41) is 4.77. The molecule has 4 aromatic rings. The van der Waals surface area contributed by atoms with Gasteiger partial charge in [-0.15, -0.1) is 0 Å². The third kappa shape index (κ3) is 4.94. The minimum Gasteiger partial charge on any atom is -0.337 e. The van der Waals surface area contributed by atoms with Crippen LogP contribution >= 0.6 is 11.6 Å². The Kier molecular flexibility index (Phi) is 6.99. The van der Waals surface area contributed by atoms with Crippen LogP contribution < -0.4 is 5.56 Å². The van der Waals surface area contributed by atoms with Crippen molar-refractivity contribution in [3.63, 3.8) is 0 Å². The number of halogens is 1. The summed E-state index contributed by atoms with van der Waals surface area (Å²) in [7, 11) is 1.76. The molecule has 3 aromatic heterocycles. The molecule has 0 amide bonds. The van der Waals surface area contributed by atoms with Gasteiger partial charge in [0, 0.05) is 18.0 Å². The first-order valence-electron chi connectivity index (χ1n) is 9.93. The first-order valence-corrected chi connectivity index (χ1v) is 10.3. The highest BCUT2D eigenvalue weighted by Gasteiger charge is 2.28. The number of fused-ring (bicyclic) bond motifs is 1. The zero-order valence-electron chi connectivity index (χ0n) is 17.5. The third-order valence-corrected chi connectivity index (χ3v) is 4.93. The maximum atomic E-state index is 12.3. The minimum atomic E-state index is -0.166. The molecule has 0 atom stereocenters. The van der Waals surface area contributed by atoms with Crippen LogP contribution in [-0.2, 0) is 13.6 Å². The Morgan fingerprint density at radius 2 is 1.87 bits per heavy atom. The van der Waals surface area contributed by atoms with E-state index in [0.29, 0.717) is 23.0 Å². The van der Waals surface area contributed by atoms with E-state index in [4.69, 9.17) is 16.1 Å². The Balaban J connectivity index is 0.000000216. The van der Waals surface area contributed by atoms with E-state index in [9.17, 15) is 4.79 Å². The molecule has 0 aliphatic heterocycles. The molecule has 3 heterocycles. The monoisotopic (exact) mass is 428 g/mol. The van der Waals surface area contributed by atoms with Gasteiger partial charge in [0.05, 0.1) is 6.33 Å². The molecule has 0 radical (unpaired) electrons. The molecule has 158 valence electrons. The Labute approximate surface area is 179 Å². The molecule has 1 saturated carbocycles. The number of aromatic nitrogens is 6. The van der Waals surface area contributed by atoms with Gasteiger partial charge in [-0.3, -0.25) is 9.36 Å². The van der Waals surface area contributed by atoms with Crippen LogP contribution in [0.2, 0.25) is 5.02 Å². The fraction of sp³-hybridized carbons (Fsp3) is 0.381. The molecule has 9 heteroatoms. The van der Waals surface area contributed by atoms with E-state index in [-0.39, 0.29) is 12.1 Å². The van der Waals surface area contributed by atoms with Crippen LogP contribution in [0.3, 0.4) is 0 Å². The second-order valence-corrected chi connectivity index (χ2v) is 7.18. The van der Waals surface area contributed by atoms with Crippen molar-refractivity contribution in [2.75, 3.05) is 0 Å². The van der Waals surface area contributed by atoms with Gasteiger partial charge < -0.3 is 9.09 Å². The maximum Gasteiger partial charge on any atom is 0.280 e. The minimum absolute atomic E-state index is 0.166. The Bertz CT molecular complexity index is 1150. The number of aryl methyl sites for hydroxylation is 2. The van der Waals surface area contributed by atoms with Gasteiger partial charge >= 0.3 is 0 Å². The molecule has 0 unspecified atom stereocenters. The second kappa shape index (κ2) is 9.67. The third-order valence-electron chi connectivity index (χ3n) is 4.51. The standard InChI is InChI=1S/C12H12N6O2.C7H7Cl.C2H6/c1-17-5-13-11-9(17)12(19)18(6-14-11)4-8-15-10(16-20-8)7-2-3-7;1-6-4-2-3-5-7(6)8;1-2/h5-7H,2-4H2,1H3;2-5H,1H3;1-2H3. The fourth-order valence-electron chi connectivity index (χ4n) is 2.72. The predicted octanol–water partition coefficient (Wildman–Crippen LogP) is 4.11. The molecule has 8 nitrogen and oxygen atoms in total. The van der Waals surface area contributed by atoms with Crippen molar-refractivity contribution in [3.05, 3.63) is 69.6 Å². The van der Waals surface area contributed by atoms with Crippen LogP contribution in [0.25, 0.3) is 11.2 Å². The van der Waals surface area contributed by atoms with Crippen LogP contribution in [0.15, 0.2) is 46.2 Å². The number of rotatable bonds is 3. The van der Waals surface area contributed by atoms with E-state index in [0.717, 1.165) is 29.3 Å². The normalized spacial score (nSPS) is 12.7. The van der Waals surface area contributed by atoms with Crippen molar-refractivity contribution in [1.82, 2.24) is 29.2 Å². The summed E-state index contributed by atoms with van der Waals surface area (Å²) in [5.74, 6) is 1.60. The highest BCUT2D eigenvalue weighted by molar-refractivity contribution is 6.31. The van der Waals surface area contributed by atoms with Crippen molar-refractivity contribution in [2.24, 2.45) is 7.05 Å². The van der Waals surface area contributed by atoms with E-state index in [1.165, 1.54) is 10.9 Å². The molecule has 0 saturated heterocycles. The van der Waals surface area contributed by atoms with Gasteiger partial charge in [-0.2, -0.15) is 4.98 Å². The number of nitrogens with zero attached hydrogens (tertiary/aromatic N) is 6. The number of imidazole rings is 1. The SMILES string of the molecule is CC.Cc1ccccc1Cl.Cn1cnc2ncn(Cc3nc(C4CC4)no3)c(=O)c21. The smallest absolute Gasteiger partial charge is 0.280 e. The highest BCUT2D eigenvalue weighted by Crippen LogP contribution is 2.38. The summed E-state index contributed by atoms with van der Waals surface area (Å²) in [6.07, 6.45) is 5.25. The van der Waals surface area contributed by atoms with Crippen LogP contribution in [0.5, 0.6) is 0 Å². The summed E-state index contributed by atoms with van der Waals surface area (Å²) in [6.45, 7) is 6.22. The van der Waals surface area contributed by atoms with Crippen LogP contribution in [0.1, 0.15) is 49.9 Å². The number of hydrogen-bond donors (Lipinski definition) is 0. The van der Waals surface area contributed by atoms with E-state index in [1.54, 1.807) is 17.9 Å². The summed E-state index contributed by atoms with van der Waals surface area (Å²) >= 11 is 5.71. The Morgan fingerprint density at radius 1 is 1.17 bits per heavy atom. The lowest BCUT2D eigenvalue weighted by Gasteiger charge is -2.01. The Morgan fingerprint density at radius 3 is 2.50 bits per heavy atom.